The monoisotopic (exact) mass is 274 g/mol. The van der Waals surface area contributed by atoms with Crippen molar-refractivity contribution in [3.8, 4) is 0 Å². The molecule has 0 spiro atoms. The highest BCUT2D eigenvalue weighted by atomic mass is 32.2. The lowest BCUT2D eigenvalue weighted by atomic mass is 10.2. The lowest BCUT2D eigenvalue weighted by molar-refractivity contribution is 0.0697. The van der Waals surface area contributed by atoms with Gasteiger partial charge in [0.05, 0.1) is 11.3 Å². The number of carbonyl (C=O) groups is 1. The quantitative estimate of drug-likeness (QED) is 0.744. The molecule has 8 heteroatoms. The fraction of sp³-hybridized carbons (Fsp3) is 0.300. The van der Waals surface area contributed by atoms with Crippen LogP contribution < -0.4 is 9.44 Å². The predicted molar refractivity (Wildman–Crippen MR) is 62.1 cm³/mol. The van der Waals surface area contributed by atoms with Crippen molar-refractivity contribution < 1.29 is 22.7 Å². The number of halogens is 1. The molecule has 0 heterocycles. The van der Waals surface area contributed by atoms with Crippen LogP contribution in [-0.4, -0.2) is 25.5 Å². The minimum absolute atomic E-state index is 0.101. The number of carboxylic acids is 1. The first kappa shape index (κ1) is 12.8. The molecule has 2 rings (SSSR count). The van der Waals surface area contributed by atoms with Gasteiger partial charge < -0.3 is 5.11 Å². The molecule has 1 fully saturated rings. The first-order valence-corrected chi connectivity index (χ1v) is 6.68. The van der Waals surface area contributed by atoms with Gasteiger partial charge in [-0.25, -0.2) is 9.18 Å². The molecule has 1 aromatic rings. The fourth-order valence-corrected chi connectivity index (χ4v) is 2.58. The van der Waals surface area contributed by atoms with Gasteiger partial charge >= 0.3 is 5.97 Å². The Labute approximate surface area is 103 Å². The van der Waals surface area contributed by atoms with Crippen LogP contribution >= 0.6 is 0 Å². The van der Waals surface area contributed by atoms with Crippen molar-refractivity contribution in [2.75, 3.05) is 4.72 Å². The summed E-state index contributed by atoms with van der Waals surface area (Å²) in [6.45, 7) is 0. The Morgan fingerprint density at radius 3 is 2.61 bits per heavy atom. The average Bonchev–Trinajstić information content (AvgIpc) is 3.03. The molecule has 0 aromatic heterocycles. The van der Waals surface area contributed by atoms with Gasteiger partial charge in [-0.1, -0.05) is 0 Å². The third kappa shape index (κ3) is 3.17. The molecular formula is C10H11FN2O4S. The minimum Gasteiger partial charge on any atom is -0.478 e. The molecule has 6 nitrogen and oxygen atoms in total. The molecule has 1 aromatic carbocycles. The summed E-state index contributed by atoms with van der Waals surface area (Å²) in [5.74, 6) is -2.15. The highest BCUT2D eigenvalue weighted by Crippen LogP contribution is 2.22. The number of anilines is 1. The second kappa shape index (κ2) is 4.54. The molecular weight excluding hydrogens is 263 g/mol. The maximum atomic E-state index is 12.9. The van der Waals surface area contributed by atoms with Gasteiger partial charge in [0, 0.05) is 6.04 Å². The van der Waals surface area contributed by atoms with Crippen molar-refractivity contribution in [2.45, 2.75) is 18.9 Å². The Morgan fingerprint density at radius 1 is 1.39 bits per heavy atom. The molecule has 0 atom stereocenters. The number of carboxylic acid groups (broad SMARTS) is 1. The zero-order valence-corrected chi connectivity index (χ0v) is 10.00. The highest BCUT2D eigenvalue weighted by molar-refractivity contribution is 7.90. The van der Waals surface area contributed by atoms with E-state index in [4.69, 9.17) is 5.11 Å². The van der Waals surface area contributed by atoms with E-state index in [1.54, 1.807) is 0 Å². The van der Waals surface area contributed by atoms with Crippen LogP contribution in [-0.2, 0) is 10.2 Å². The van der Waals surface area contributed by atoms with E-state index in [0.717, 1.165) is 31.0 Å². The van der Waals surface area contributed by atoms with Crippen molar-refractivity contribution in [2.24, 2.45) is 0 Å². The van der Waals surface area contributed by atoms with Crippen molar-refractivity contribution >= 4 is 21.9 Å². The molecule has 0 bridgehead atoms. The first-order chi connectivity index (χ1) is 8.37. The summed E-state index contributed by atoms with van der Waals surface area (Å²) in [6, 6.07) is 2.72. The Balaban J connectivity index is 2.25. The smallest absolute Gasteiger partial charge is 0.337 e. The molecule has 98 valence electrons. The third-order valence-corrected chi connectivity index (χ3v) is 3.49. The molecule has 18 heavy (non-hydrogen) atoms. The topological polar surface area (TPSA) is 95.5 Å². The van der Waals surface area contributed by atoms with Crippen LogP contribution in [0.3, 0.4) is 0 Å². The van der Waals surface area contributed by atoms with Crippen LogP contribution in [0.5, 0.6) is 0 Å². The van der Waals surface area contributed by atoms with Crippen LogP contribution in [0.2, 0.25) is 0 Å². The number of hydrogen-bond donors (Lipinski definition) is 3. The van der Waals surface area contributed by atoms with E-state index in [2.05, 4.69) is 9.44 Å². The van der Waals surface area contributed by atoms with E-state index in [1.165, 1.54) is 0 Å². The SMILES string of the molecule is O=C(O)c1cc(F)ccc1NS(=O)(=O)NC1CC1. The average molecular weight is 274 g/mol. The standard InChI is InChI=1S/C10H11FN2O4S/c11-6-1-4-9(8(5-6)10(14)15)13-18(16,17)12-7-2-3-7/h1,4-5,7,12-13H,2-3H2,(H,14,15). The molecule has 1 aliphatic carbocycles. The second-order valence-corrected chi connectivity index (χ2v) is 5.44. The lowest BCUT2D eigenvalue weighted by Gasteiger charge is -2.10. The number of benzene rings is 1. The maximum absolute atomic E-state index is 12.9. The van der Waals surface area contributed by atoms with Gasteiger partial charge in [0.25, 0.3) is 10.2 Å². The second-order valence-electron chi connectivity index (χ2n) is 3.99. The first-order valence-electron chi connectivity index (χ1n) is 5.20. The van der Waals surface area contributed by atoms with Gasteiger partial charge in [-0.15, -0.1) is 0 Å². The maximum Gasteiger partial charge on any atom is 0.337 e. The minimum atomic E-state index is -3.83. The van der Waals surface area contributed by atoms with Crippen LogP contribution in [0.25, 0.3) is 0 Å². The van der Waals surface area contributed by atoms with E-state index in [0.29, 0.717) is 0 Å². The zero-order valence-electron chi connectivity index (χ0n) is 9.18. The summed E-state index contributed by atoms with van der Waals surface area (Å²) >= 11 is 0. The molecule has 0 aliphatic heterocycles. The van der Waals surface area contributed by atoms with Gasteiger partial charge in [-0.3, -0.25) is 4.72 Å². The van der Waals surface area contributed by atoms with Crippen LogP contribution in [0, 0.1) is 5.82 Å². The fourth-order valence-electron chi connectivity index (χ4n) is 1.38. The molecule has 3 N–H and O–H groups in total. The van der Waals surface area contributed by atoms with Gasteiger partial charge in [0.15, 0.2) is 0 Å². The van der Waals surface area contributed by atoms with Gasteiger partial charge in [-0.05, 0) is 31.0 Å². The van der Waals surface area contributed by atoms with Crippen LogP contribution in [0.1, 0.15) is 23.2 Å². The lowest BCUT2D eigenvalue weighted by Crippen LogP contribution is -2.32. The van der Waals surface area contributed by atoms with Crippen molar-refractivity contribution in [1.82, 2.24) is 4.72 Å². The summed E-state index contributed by atoms with van der Waals surface area (Å²) in [4.78, 5) is 10.9. The Morgan fingerprint density at radius 2 is 2.06 bits per heavy atom. The molecule has 0 radical (unpaired) electrons. The number of aromatic carboxylic acids is 1. The van der Waals surface area contributed by atoms with Crippen molar-refractivity contribution in [3.63, 3.8) is 0 Å². The summed E-state index contributed by atoms with van der Waals surface area (Å²) in [5, 5.41) is 8.86. The summed E-state index contributed by atoms with van der Waals surface area (Å²) in [7, 11) is -3.83. The largest absolute Gasteiger partial charge is 0.478 e. The van der Waals surface area contributed by atoms with E-state index in [9.17, 15) is 17.6 Å². The summed E-state index contributed by atoms with van der Waals surface area (Å²) in [6.07, 6.45) is 1.52. The van der Waals surface area contributed by atoms with Crippen molar-refractivity contribution in [3.05, 3.63) is 29.6 Å². The molecule has 0 amide bonds. The molecule has 1 aliphatic rings. The van der Waals surface area contributed by atoms with Gasteiger partial charge in [-0.2, -0.15) is 13.1 Å². The normalized spacial score (nSPS) is 15.4. The van der Waals surface area contributed by atoms with E-state index < -0.39 is 27.6 Å². The van der Waals surface area contributed by atoms with Crippen LogP contribution in [0.4, 0.5) is 10.1 Å². The highest BCUT2D eigenvalue weighted by Gasteiger charge is 2.27. The Kier molecular flexibility index (Phi) is 3.22. The van der Waals surface area contributed by atoms with E-state index in [-0.39, 0.29) is 11.7 Å². The third-order valence-electron chi connectivity index (χ3n) is 2.36. The van der Waals surface area contributed by atoms with E-state index >= 15 is 0 Å². The Hall–Kier alpha value is -1.67. The molecule has 0 saturated heterocycles. The molecule has 0 unspecified atom stereocenters. The van der Waals surface area contributed by atoms with Crippen molar-refractivity contribution in [1.29, 1.82) is 0 Å². The van der Waals surface area contributed by atoms with Crippen LogP contribution in [0.15, 0.2) is 18.2 Å². The number of nitrogens with one attached hydrogen (secondary N) is 2. The number of hydrogen-bond acceptors (Lipinski definition) is 3. The summed E-state index contributed by atoms with van der Waals surface area (Å²) in [5.41, 5.74) is -0.603. The summed E-state index contributed by atoms with van der Waals surface area (Å²) < 4.78 is 40.5. The van der Waals surface area contributed by atoms with Gasteiger partial charge in [0.2, 0.25) is 0 Å². The van der Waals surface area contributed by atoms with Gasteiger partial charge in [0.1, 0.15) is 5.82 Å². The van der Waals surface area contributed by atoms with E-state index in [1.807, 2.05) is 0 Å². The Bertz CT molecular complexity index is 584. The predicted octanol–water partition coefficient (Wildman–Crippen LogP) is 0.933. The number of rotatable bonds is 5. The zero-order chi connectivity index (χ0) is 13.3. The molecule has 1 saturated carbocycles.